The number of nitrogens with one attached hydrogen (secondary N) is 2. The number of pyridine rings is 1. The molecule has 0 aliphatic heterocycles. The molecule has 5 heteroatoms. The quantitative estimate of drug-likeness (QED) is 0.786. The van der Waals surface area contributed by atoms with Crippen LogP contribution in [0.3, 0.4) is 0 Å². The van der Waals surface area contributed by atoms with Crippen LogP contribution in [-0.4, -0.2) is 11.5 Å². The fourth-order valence-electron chi connectivity index (χ4n) is 2.34. The van der Waals surface area contributed by atoms with Gasteiger partial charge in [-0.2, -0.15) is 0 Å². The average molecular weight is 248 g/mol. The van der Waals surface area contributed by atoms with E-state index in [0.29, 0.717) is 18.1 Å². The minimum atomic E-state index is -0.246. The van der Waals surface area contributed by atoms with Crippen molar-refractivity contribution < 1.29 is 4.39 Å². The first-order chi connectivity index (χ1) is 8.72. The first-order valence-electron chi connectivity index (χ1n) is 6.10. The van der Waals surface area contributed by atoms with Crippen LogP contribution in [-0.2, 0) is 5.41 Å². The second-order valence-electron chi connectivity index (χ2n) is 4.61. The van der Waals surface area contributed by atoms with Crippen molar-refractivity contribution in [3.63, 3.8) is 0 Å². The summed E-state index contributed by atoms with van der Waals surface area (Å²) in [6.07, 6.45) is 6.28. The van der Waals surface area contributed by atoms with Crippen LogP contribution in [0.25, 0.3) is 0 Å². The lowest BCUT2D eigenvalue weighted by atomic mass is 9.66. The number of rotatable bonds is 5. The Morgan fingerprint density at radius 1 is 1.67 bits per heavy atom. The average Bonchev–Trinajstić information content (AvgIpc) is 2.34. The second-order valence-corrected chi connectivity index (χ2v) is 4.61. The molecule has 0 spiro atoms. The number of halogens is 1. The Morgan fingerprint density at radius 2 is 2.44 bits per heavy atom. The predicted octanol–water partition coefficient (Wildman–Crippen LogP) is 3.12. The minimum Gasteiger partial charge on any atom is -0.368 e. The first kappa shape index (κ1) is 12.7. The van der Waals surface area contributed by atoms with Crippen LogP contribution in [0, 0.1) is 11.3 Å². The van der Waals surface area contributed by atoms with Gasteiger partial charge in [0.15, 0.2) is 0 Å². The molecule has 2 N–H and O–H groups in total. The van der Waals surface area contributed by atoms with Crippen LogP contribution >= 0.6 is 0 Å². The summed E-state index contributed by atoms with van der Waals surface area (Å²) < 4.78 is 13.8. The van der Waals surface area contributed by atoms with E-state index in [2.05, 4.69) is 15.4 Å². The predicted molar refractivity (Wildman–Crippen MR) is 66.6 cm³/mol. The third-order valence-corrected chi connectivity index (χ3v) is 3.57. The van der Waals surface area contributed by atoms with E-state index in [9.17, 15) is 4.39 Å². The molecular weight excluding hydrogens is 231 g/mol. The largest absolute Gasteiger partial charge is 0.368 e. The Morgan fingerprint density at radius 3 is 2.94 bits per heavy atom. The smallest absolute Gasteiger partial charge is 0.145 e. The van der Waals surface area contributed by atoms with E-state index >= 15 is 0 Å². The lowest BCUT2D eigenvalue weighted by Gasteiger charge is -2.41. The van der Waals surface area contributed by atoms with Crippen LogP contribution in [0.4, 0.5) is 4.39 Å². The Bertz CT molecular complexity index is 466. The highest BCUT2D eigenvalue weighted by Crippen LogP contribution is 2.43. The molecule has 0 bridgehead atoms. The summed E-state index contributed by atoms with van der Waals surface area (Å²) in [5, 5.41) is 6.46. The van der Waals surface area contributed by atoms with Crippen molar-refractivity contribution >= 4 is 0 Å². The zero-order valence-corrected chi connectivity index (χ0v) is 10.4. The molecule has 96 valence electrons. The van der Waals surface area contributed by atoms with Gasteiger partial charge in [-0.05, 0) is 38.0 Å². The Hall–Kier alpha value is -1.78. The molecule has 1 fully saturated rings. The van der Waals surface area contributed by atoms with Gasteiger partial charge in [-0.3, -0.25) is 4.98 Å². The topological polar surface area (TPSA) is 61.1 Å². The van der Waals surface area contributed by atoms with Crippen molar-refractivity contribution in [1.29, 1.82) is 5.53 Å². The molecule has 18 heavy (non-hydrogen) atoms. The highest BCUT2D eigenvalue weighted by Gasteiger charge is 2.41. The molecule has 0 amide bonds. The minimum absolute atomic E-state index is 0.246. The van der Waals surface area contributed by atoms with Gasteiger partial charge < -0.3 is 5.32 Å². The van der Waals surface area contributed by atoms with Gasteiger partial charge in [-0.25, -0.2) is 9.92 Å². The lowest BCUT2D eigenvalue weighted by molar-refractivity contribution is 0.224. The molecule has 4 nitrogen and oxygen atoms in total. The Kier molecular flexibility index (Phi) is 3.69. The van der Waals surface area contributed by atoms with Crippen molar-refractivity contribution in [3.8, 4) is 0 Å². The summed E-state index contributed by atoms with van der Waals surface area (Å²) in [5.41, 5.74) is 7.28. The molecule has 2 rings (SSSR count). The Balaban J connectivity index is 2.17. The molecule has 1 heterocycles. The van der Waals surface area contributed by atoms with E-state index in [1.165, 1.54) is 6.07 Å². The van der Waals surface area contributed by atoms with Crippen LogP contribution in [0.5, 0.6) is 0 Å². The fraction of sp³-hybridized carbons (Fsp3) is 0.462. The lowest BCUT2D eigenvalue weighted by Crippen LogP contribution is -2.44. The van der Waals surface area contributed by atoms with E-state index in [1.807, 2.05) is 6.92 Å². The highest BCUT2D eigenvalue weighted by atomic mass is 19.1. The van der Waals surface area contributed by atoms with Gasteiger partial charge in [0.25, 0.3) is 0 Å². The van der Waals surface area contributed by atoms with E-state index < -0.39 is 0 Å². The van der Waals surface area contributed by atoms with Gasteiger partial charge in [-0.15, -0.1) is 5.11 Å². The maximum Gasteiger partial charge on any atom is 0.145 e. The molecule has 0 saturated heterocycles. The van der Waals surface area contributed by atoms with Crippen molar-refractivity contribution in [2.24, 2.45) is 5.11 Å². The van der Waals surface area contributed by atoms with Gasteiger partial charge in [0.05, 0.1) is 5.69 Å². The number of hydrogen-bond acceptors (Lipinski definition) is 4. The normalized spacial score (nSPS) is 18.0. The SMILES string of the molecule is C/C=C(\N=N)NCC1(c2ncccc2F)CCC1. The summed E-state index contributed by atoms with van der Waals surface area (Å²) in [5.74, 6) is 0.265. The molecule has 1 aromatic heterocycles. The molecule has 0 unspecified atom stereocenters. The highest BCUT2D eigenvalue weighted by molar-refractivity contribution is 5.23. The molecule has 1 saturated carbocycles. The molecular formula is C13H17FN4. The third kappa shape index (κ3) is 2.25. The molecule has 1 aromatic rings. The van der Waals surface area contributed by atoms with Gasteiger partial charge in [-0.1, -0.05) is 6.42 Å². The second kappa shape index (κ2) is 5.25. The first-order valence-corrected chi connectivity index (χ1v) is 6.10. The summed E-state index contributed by atoms with van der Waals surface area (Å²) in [6, 6.07) is 3.06. The maximum atomic E-state index is 13.8. The van der Waals surface area contributed by atoms with Crippen LogP contribution in [0.15, 0.2) is 35.3 Å². The van der Waals surface area contributed by atoms with E-state index in [1.54, 1.807) is 18.3 Å². The van der Waals surface area contributed by atoms with Gasteiger partial charge in [0.1, 0.15) is 11.6 Å². The van der Waals surface area contributed by atoms with Crippen LogP contribution in [0.1, 0.15) is 31.9 Å². The molecule has 0 atom stereocenters. The van der Waals surface area contributed by atoms with E-state index in [0.717, 1.165) is 19.3 Å². The number of hydrogen-bond donors (Lipinski definition) is 2. The molecule has 1 aliphatic rings. The fourth-order valence-corrected chi connectivity index (χ4v) is 2.34. The zero-order chi connectivity index (χ0) is 13.0. The standard InChI is InChI=1S/C13H17FN4/c1-2-11(18-15)17-9-13(6-4-7-13)12-10(14)5-3-8-16-12/h2-3,5,8,15,17H,4,6-7,9H2,1H3/b11-2-,18-15?. The van der Waals surface area contributed by atoms with Gasteiger partial charge >= 0.3 is 0 Å². The maximum absolute atomic E-state index is 13.8. The number of aromatic nitrogens is 1. The van der Waals surface area contributed by atoms with Gasteiger partial charge in [0, 0.05) is 18.2 Å². The molecule has 1 aliphatic carbocycles. The van der Waals surface area contributed by atoms with Crippen LogP contribution < -0.4 is 5.32 Å². The summed E-state index contributed by atoms with van der Waals surface area (Å²) in [7, 11) is 0. The van der Waals surface area contributed by atoms with E-state index in [4.69, 9.17) is 5.53 Å². The third-order valence-electron chi connectivity index (χ3n) is 3.57. The van der Waals surface area contributed by atoms with Crippen molar-refractivity contribution in [3.05, 3.63) is 41.7 Å². The summed E-state index contributed by atoms with van der Waals surface area (Å²) in [4.78, 5) is 4.19. The van der Waals surface area contributed by atoms with Crippen molar-refractivity contribution in [2.75, 3.05) is 6.54 Å². The van der Waals surface area contributed by atoms with E-state index in [-0.39, 0.29) is 11.2 Å². The van der Waals surface area contributed by atoms with Crippen LogP contribution in [0.2, 0.25) is 0 Å². The number of allylic oxidation sites excluding steroid dienone is 1. The molecule has 0 radical (unpaired) electrons. The molecule has 0 aromatic carbocycles. The monoisotopic (exact) mass is 248 g/mol. The summed E-state index contributed by atoms with van der Waals surface area (Å²) >= 11 is 0. The van der Waals surface area contributed by atoms with Gasteiger partial charge in [0.2, 0.25) is 0 Å². The van der Waals surface area contributed by atoms with Crippen molar-refractivity contribution in [2.45, 2.75) is 31.6 Å². The number of nitrogens with zero attached hydrogens (tertiary/aromatic N) is 2. The van der Waals surface area contributed by atoms with Crippen molar-refractivity contribution in [1.82, 2.24) is 10.3 Å². The Labute approximate surface area is 106 Å². The summed E-state index contributed by atoms with van der Waals surface area (Å²) in [6.45, 7) is 2.39. The zero-order valence-electron chi connectivity index (χ0n) is 10.4.